The summed E-state index contributed by atoms with van der Waals surface area (Å²) in [5.74, 6) is -1.80. The summed E-state index contributed by atoms with van der Waals surface area (Å²) < 4.78 is 52.0. The van der Waals surface area contributed by atoms with Crippen LogP contribution in [0.1, 0.15) is 5.56 Å². The molecule has 3 nitrogen and oxygen atoms in total. The van der Waals surface area contributed by atoms with Gasteiger partial charge >= 0.3 is 0 Å². The van der Waals surface area contributed by atoms with Crippen molar-refractivity contribution in [1.82, 2.24) is 3.97 Å². The van der Waals surface area contributed by atoms with Gasteiger partial charge in [-0.1, -0.05) is 0 Å². The van der Waals surface area contributed by atoms with Gasteiger partial charge in [0.1, 0.15) is 16.5 Å². The van der Waals surface area contributed by atoms with Crippen LogP contribution in [0.15, 0.2) is 40.0 Å². The summed E-state index contributed by atoms with van der Waals surface area (Å²) in [5, 5.41) is 0. The molecule has 0 aliphatic rings. The molecule has 0 aliphatic heterocycles. The largest absolute Gasteiger partial charge is 0.271 e. The zero-order valence-corrected chi connectivity index (χ0v) is 11.6. The summed E-state index contributed by atoms with van der Waals surface area (Å²) in [4.78, 5) is -0.696. The summed E-state index contributed by atoms with van der Waals surface area (Å²) >= 11 is 3.06. The van der Waals surface area contributed by atoms with Gasteiger partial charge in [-0.3, -0.25) is 0 Å². The zero-order chi connectivity index (χ0) is 13.5. The van der Waals surface area contributed by atoms with Crippen LogP contribution in [0.4, 0.5) is 8.78 Å². The number of aromatic nitrogens is 1. The second-order valence-corrected chi connectivity index (χ2v) is 6.31. The third-order valence-electron chi connectivity index (χ3n) is 2.31. The average Bonchev–Trinajstić information content (AvgIpc) is 2.62. The Hall–Kier alpha value is -1.21. The number of aryl methyl sites for hydroxylation is 1. The zero-order valence-electron chi connectivity index (χ0n) is 9.19. The van der Waals surface area contributed by atoms with Crippen LogP contribution in [-0.4, -0.2) is 12.4 Å². The Morgan fingerprint density at radius 2 is 1.89 bits per heavy atom. The molecule has 1 aromatic heterocycles. The molecule has 0 atom stereocenters. The predicted molar refractivity (Wildman–Crippen MR) is 65.8 cm³/mol. The van der Waals surface area contributed by atoms with Crippen LogP contribution in [0.3, 0.4) is 0 Å². The van der Waals surface area contributed by atoms with Crippen LogP contribution in [-0.2, 0) is 10.0 Å². The molecule has 0 N–H and O–H groups in total. The Labute approximate surface area is 111 Å². The first-order chi connectivity index (χ1) is 8.32. The number of benzene rings is 1. The van der Waals surface area contributed by atoms with Gasteiger partial charge in [0.25, 0.3) is 10.0 Å². The van der Waals surface area contributed by atoms with E-state index < -0.39 is 26.6 Å². The van der Waals surface area contributed by atoms with Crippen molar-refractivity contribution in [2.75, 3.05) is 0 Å². The van der Waals surface area contributed by atoms with E-state index in [4.69, 9.17) is 0 Å². The molecule has 0 aliphatic carbocycles. The first-order valence-corrected chi connectivity index (χ1v) is 7.11. The van der Waals surface area contributed by atoms with Crippen LogP contribution in [0.2, 0.25) is 0 Å². The average molecular weight is 336 g/mol. The fourth-order valence-corrected chi connectivity index (χ4v) is 3.91. The van der Waals surface area contributed by atoms with Crippen molar-refractivity contribution in [1.29, 1.82) is 0 Å². The monoisotopic (exact) mass is 335 g/mol. The van der Waals surface area contributed by atoms with E-state index in [0.29, 0.717) is 11.6 Å². The lowest BCUT2D eigenvalue weighted by Crippen LogP contribution is -2.14. The van der Waals surface area contributed by atoms with Crippen molar-refractivity contribution in [3.63, 3.8) is 0 Å². The van der Waals surface area contributed by atoms with Crippen LogP contribution in [0, 0.1) is 18.6 Å². The molecule has 0 saturated heterocycles. The molecule has 2 rings (SSSR count). The molecule has 7 heteroatoms. The van der Waals surface area contributed by atoms with Gasteiger partial charge in [0, 0.05) is 6.20 Å². The van der Waals surface area contributed by atoms with Gasteiger partial charge in [0.05, 0.1) is 4.60 Å². The lowest BCUT2D eigenvalue weighted by Gasteiger charge is -2.08. The molecule has 18 heavy (non-hydrogen) atoms. The minimum Gasteiger partial charge on any atom is -0.235 e. The Kier molecular flexibility index (Phi) is 3.29. The maximum Gasteiger partial charge on any atom is 0.271 e. The molecule has 0 fully saturated rings. The number of hydrogen-bond acceptors (Lipinski definition) is 2. The fourth-order valence-electron chi connectivity index (χ4n) is 1.50. The molecule has 0 amide bonds. The topological polar surface area (TPSA) is 39.1 Å². The van der Waals surface area contributed by atoms with Crippen LogP contribution >= 0.6 is 15.9 Å². The molecule has 1 aromatic carbocycles. The highest BCUT2D eigenvalue weighted by atomic mass is 79.9. The molecule has 0 unspecified atom stereocenters. The highest BCUT2D eigenvalue weighted by Gasteiger charge is 2.23. The lowest BCUT2D eigenvalue weighted by molar-refractivity contribution is 0.548. The number of halogens is 3. The van der Waals surface area contributed by atoms with Crippen molar-refractivity contribution in [2.45, 2.75) is 11.8 Å². The van der Waals surface area contributed by atoms with Crippen LogP contribution < -0.4 is 0 Å². The molecule has 96 valence electrons. The molecule has 1 heterocycles. The van der Waals surface area contributed by atoms with Gasteiger partial charge in [-0.2, -0.15) is 0 Å². The summed E-state index contributed by atoms with van der Waals surface area (Å²) in [5.41, 5.74) is 0.683. The second kappa shape index (κ2) is 4.47. The van der Waals surface area contributed by atoms with E-state index in [0.717, 1.165) is 16.1 Å². The first-order valence-electron chi connectivity index (χ1n) is 4.87. The first kappa shape index (κ1) is 13.2. The second-order valence-electron chi connectivity index (χ2n) is 3.72. The van der Waals surface area contributed by atoms with Crippen LogP contribution in [0.25, 0.3) is 0 Å². The predicted octanol–water partition coefficient (Wildman–Crippen LogP) is 3.07. The summed E-state index contributed by atoms with van der Waals surface area (Å²) in [7, 11) is -4.15. The fraction of sp³-hybridized carbons (Fsp3) is 0.0909. The normalized spacial score (nSPS) is 11.8. The minimum absolute atomic E-state index is 0.253. The van der Waals surface area contributed by atoms with Gasteiger partial charge in [0.15, 0.2) is 0 Å². The van der Waals surface area contributed by atoms with E-state index in [9.17, 15) is 17.2 Å². The van der Waals surface area contributed by atoms with E-state index in [2.05, 4.69) is 15.9 Å². The number of nitrogens with zero attached hydrogens (tertiary/aromatic N) is 1. The van der Waals surface area contributed by atoms with Gasteiger partial charge in [-0.25, -0.2) is 21.2 Å². The quantitative estimate of drug-likeness (QED) is 0.846. The van der Waals surface area contributed by atoms with Crippen molar-refractivity contribution < 1.29 is 17.2 Å². The molecule has 0 saturated carbocycles. The maximum atomic E-state index is 13.5. The van der Waals surface area contributed by atoms with Gasteiger partial charge in [-0.15, -0.1) is 0 Å². The van der Waals surface area contributed by atoms with Gasteiger partial charge in [-0.05, 0) is 52.7 Å². The molecular formula is C11H8BrF2NO2S. The third-order valence-corrected chi connectivity index (χ3v) is 4.84. The summed E-state index contributed by atoms with van der Waals surface area (Å²) in [6.07, 6.45) is 1.32. The van der Waals surface area contributed by atoms with E-state index in [-0.39, 0.29) is 4.60 Å². The Balaban J connectivity index is 2.69. The highest BCUT2D eigenvalue weighted by molar-refractivity contribution is 9.10. The van der Waals surface area contributed by atoms with Crippen molar-refractivity contribution in [3.05, 3.63) is 52.3 Å². The number of hydrogen-bond donors (Lipinski definition) is 0. The molecular weight excluding hydrogens is 328 g/mol. The Bertz CT molecular complexity index is 710. The summed E-state index contributed by atoms with van der Waals surface area (Å²) in [6.45, 7) is 1.69. The number of rotatable bonds is 2. The summed E-state index contributed by atoms with van der Waals surface area (Å²) in [6, 6.07) is 3.87. The van der Waals surface area contributed by atoms with Crippen LogP contribution in [0.5, 0.6) is 0 Å². The van der Waals surface area contributed by atoms with E-state index in [1.807, 2.05) is 0 Å². The SMILES string of the molecule is Cc1cc(Br)n(S(=O)(=O)c2cc(F)ccc2F)c1. The van der Waals surface area contributed by atoms with Gasteiger partial charge < -0.3 is 0 Å². The Morgan fingerprint density at radius 3 is 2.44 bits per heavy atom. The molecule has 0 radical (unpaired) electrons. The molecule has 0 spiro atoms. The molecule has 2 aromatic rings. The Morgan fingerprint density at radius 1 is 1.22 bits per heavy atom. The molecule has 0 bridgehead atoms. The maximum absolute atomic E-state index is 13.5. The van der Waals surface area contributed by atoms with E-state index in [1.165, 1.54) is 6.20 Å². The van der Waals surface area contributed by atoms with Crippen molar-refractivity contribution in [2.24, 2.45) is 0 Å². The lowest BCUT2D eigenvalue weighted by atomic mass is 10.3. The highest BCUT2D eigenvalue weighted by Crippen LogP contribution is 2.24. The van der Waals surface area contributed by atoms with Crippen molar-refractivity contribution >= 4 is 26.0 Å². The standard InChI is InChI=1S/C11H8BrF2NO2S/c1-7-4-11(12)15(6-7)18(16,17)10-5-8(13)2-3-9(10)14/h2-6H,1H3. The minimum atomic E-state index is -4.15. The van der Waals surface area contributed by atoms with Crippen molar-refractivity contribution in [3.8, 4) is 0 Å². The smallest absolute Gasteiger partial charge is 0.235 e. The van der Waals surface area contributed by atoms with E-state index in [1.54, 1.807) is 13.0 Å². The van der Waals surface area contributed by atoms with E-state index >= 15 is 0 Å². The third kappa shape index (κ3) is 2.20. The van der Waals surface area contributed by atoms with Gasteiger partial charge in [0.2, 0.25) is 0 Å².